The molecule has 94 valence electrons. The Bertz CT molecular complexity index is 377. The Hall–Kier alpha value is -1.55. The number of carbonyl (C=O) groups is 1. The van der Waals surface area contributed by atoms with Crippen molar-refractivity contribution in [1.82, 2.24) is 5.32 Å². The molecule has 3 N–H and O–H groups in total. The molecule has 1 unspecified atom stereocenters. The Morgan fingerprint density at radius 1 is 1.41 bits per heavy atom. The van der Waals surface area contributed by atoms with E-state index in [9.17, 15) is 4.79 Å². The fraction of sp³-hybridized carbons (Fsp3) is 0.462. The number of hydrogen-bond acceptors (Lipinski definition) is 3. The lowest BCUT2D eigenvalue weighted by Gasteiger charge is -2.16. The molecule has 1 amide bonds. The molecular formula is C13H20N2O2. The van der Waals surface area contributed by atoms with Gasteiger partial charge in [0.1, 0.15) is 5.75 Å². The van der Waals surface area contributed by atoms with E-state index < -0.39 is 6.10 Å². The topological polar surface area (TPSA) is 64.3 Å². The van der Waals surface area contributed by atoms with Crippen LogP contribution in [0.3, 0.4) is 0 Å². The smallest absolute Gasteiger partial charge is 0.260 e. The van der Waals surface area contributed by atoms with Gasteiger partial charge in [-0.2, -0.15) is 0 Å². The van der Waals surface area contributed by atoms with Gasteiger partial charge < -0.3 is 15.8 Å². The molecule has 0 radical (unpaired) electrons. The average Bonchev–Trinajstić information content (AvgIpc) is 2.28. The van der Waals surface area contributed by atoms with Crippen LogP contribution in [-0.4, -0.2) is 18.1 Å². The summed E-state index contributed by atoms with van der Waals surface area (Å²) in [6.07, 6.45) is -0.509. The second-order valence-corrected chi connectivity index (χ2v) is 4.27. The van der Waals surface area contributed by atoms with Crippen LogP contribution in [-0.2, 0) is 11.3 Å². The summed E-state index contributed by atoms with van der Waals surface area (Å²) in [6.45, 7) is 6.02. The van der Waals surface area contributed by atoms with Crippen LogP contribution in [0.1, 0.15) is 26.3 Å². The van der Waals surface area contributed by atoms with E-state index in [4.69, 9.17) is 10.5 Å². The van der Waals surface area contributed by atoms with Crippen LogP contribution in [0.2, 0.25) is 0 Å². The first kappa shape index (κ1) is 13.5. The SMILES string of the molecule is CC(C)NC(=O)C(C)Oc1cccc(CN)c1. The summed E-state index contributed by atoms with van der Waals surface area (Å²) in [4.78, 5) is 11.7. The molecule has 1 aromatic carbocycles. The Kier molecular flexibility index (Phi) is 4.97. The van der Waals surface area contributed by atoms with Crippen LogP contribution in [0.25, 0.3) is 0 Å². The van der Waals surface area contributed by atoms with Gasteiger partial charge in [-0.25, -0.2) is 0 Å². The first-order valence-electron chi connectivity index (χ1n) is 5.79. The summed E-state index contributed by atoms with van der Waals surface area (Å²) in [5.41, 5.74) is 6.53. The van der Waals surface area contributed by atoms with Crippen molar-refractivity contribution in [3.8, 4) is 5.75 Å². The van der Waals surface area contributed by atoms with E-state index in [-0.39, 0.29) is 11.9 Å². The average molecular weight is 236 g/mol. The zero-order valence-electron chi connectivity index (χ0n) is 10.6. The predicted molar refractivity (Wildman–Crippen MR) is 67.7 cm³/mol. The van der Waals surface area contributed by atoms with Crippen LogP contribution in [0.15, 0.2) is 24.3 Å². The largest absolute Gasteiger partial charge is 0.481 e. The molecule has 0 aromatic heterocycles. The van der Waals surface area contributed by atoms with Crippen molar-refractivity contribution in [1.29, 1.82) is 0 Å². The molecule has 17 heavy (non-hydrogen) atoms. The summed E-state index contributed by atoms with van der Waals surface area (Å²) < 4.78 is 5.55. The molecule has 0 aliphatic rings. The van der Waals surface area contributed by atoms with Crippen molar-refractivity contribution in [3.63, 3.8) is 0 Å². The summed E-state index contributed by atoms with van der Waals surface area (Å²) >= 11 is 0. The van der Waals surface area contributed by atoms with Crippen LogP contribution in [0.5, 0.6) is 5.75 Å². The number of benzene rings is 1. The summed E-state index contributed by atoms with van der Waals surface area (Å²) in [5.74, 6) is 0.553. The summed E-state index contributed by atoms with van der Waals surface area (Å²) in [5, 5.41) is 2.80. The maximum Gasteiger partial charge on any atom is 0.260 e. The molecular weight excluding hydrogens is 216 g/mol. The quantitative estimate of drug-likeness (QED) is 0.813. The molecule has 1 atom stereocenters. The number of carbonyl (C=O) groups excluding carboxylic acids is 1. The van der Waals surface area contributed by atoms with Gasteiger partial charge in [0.25, 0.3) is 5.91 Å². The van der Waals surface area contributed by atoms with Gasteiger partial charge in [0, 0.05) is 12.6 Å². The molecule has 0 saturated heterocycles. The lowest BCUT2D eigenvalue weighted by Crippen LogP contribution is -2.40. The number of nitrogens with two attached hydrogens (primary N) is 1. The standard InChI is InChI=1S/C13H20N2O2/c1-9(2)15-13(16)10(3)17-12-6-4-5-11(7-12)8-14/h4-7,9-10H,8,14H2,1-3H3,(H,15,16). The highest BCUT2D eigenvalue weighted by Gasteiger charge is 2.15. The second-order valence-electron chi connectivity index (χ2n) is 4.27. The van der Waals surface area contributed by atoms with Crippen molar-refractivity contribution in [3.05, 3.63) is 29.8 Å². The van der Waals surface area contributed by atoms with Gasteiger partial charge in [-0.1, -0.05) is 12.1 Å². The number of rotatable bonds is 5. The van der Waals surface area contributed by atoms with Gasteiger partial charge in [0.05, 0.1) is 0 Å². The zero-order chi connectivity index (χ0) is 12.8. The predicted octanol–water partition coefficient (Wildman–Crippen LogP) is 1.44. The normalized spacial score (nSPS) is 12.3. The molecule has 0 aliphatic carbocycles. The van der Waals surface area contributed by atoms with Gasteiger partial charge in [-0.15, -0.1) is 0 Å². The first-order chi connectivity index (χ1) is 8.02. The fourth-order valence-corrected chi connectivity index (χ4v) is 1.41. The van der Waals surface area contributed by atoms with Crippen LogP contribution < -0.4 is 15.8 Å². The minimum Gasteiger partial charge on any atom is -0.481 e. The monoisotopic (exact) mass is 236 g/mol. The Morgan fingerprint density at radius 2 is 2.12 bits per heavy atom. The number of ether oxygens (including phenoxy) is 1. The molecule has 4 nitrogen and oxygen atoms in total. The van der Waals surface area contributed by atoms with E-state index >= 15 is 0 Å². The number of hydrogen-bond donors (Lipinski definition) is 2. The van der Waals surface area contributed by atoms with Crippen molar-refractivity contribution in [2.45, 2.75) is 39.5 Å². The number of amides is 1. The summed E-state index contributed by atoms with van der Waals surface area (Å²) in [7, 11) is 0. The molecule has 0 spiro atoms. The van der Waals surface area contributed by atoms with Crippen LogP contribution in [0, 0.1) is 0 Å². The van der Waals surface area contributed by atoms with E-state index in [0.717, 1.165) is 5.56 Å². The van der Waals surface area contributed by atoms with Crippen molar-refractivity contribution >= 4 is 5.91 Å². The molecule has 0 bridgehead atoms. The van der Waals surface area contributed by atoms with Crippen molar-refractivity contribution in [2.75, 3.05) is 0 Å². The van der Waals surface area contributed by atoms with Crippen molar-refractivity contribution < 1.29 is 9.53 Å². The Balaban J connectivity index is 2.60. The van der Waals surface area contributed by atoms with Crippen molar-refractivity contribution in [2.24, 2.45) is 5.73 Å². The third kappa shape index (κ3) is 4.44. The molecule has 1 aromatic rings. The van der Waals surface area contributed by atoms with Gasteiger partial charge in [-0.3, -0.25) is 4.79 Å². The van der Waals surface area contributed by atoms with E-state index in [2.05, 4.69) is 5.32 Å². The minimum atomic E-state index is -0.509. The highest BCUT2D eigenvalue weighted by molar-refractivity contribution is 5.80. The molecule has 4 heteroatoms. The molecule has 0 fully saturated rings. The minimum absolute atomic E-state index is 0.113. The Labute approximate surface area is 102 Å². The van der Waals surface area contributed by atoms with Crippen LogP contribution >= 0.6 is 0 Å². The van der Waals surface area contributed by atoms with Gasteiger partial charge in [0.2, 0.25) is 0 Å². The Morgan fingerprint density at radius 3 is 2.71 bits per heavy atom. The molecule has 0 heterocycles. The van der Waals surface area contributed by atoms with E-state index in [1.165, 1.54) is 0 Å². The third-order valence-electron chi connectivity index (χ3n) is 2.25. The number of nitrogens with one attached hydrogen (secondary N) is 1. The third-order valence-corrected chi connectivity index (χ3v) is 2.25. The summed E-state index contributed by atoms with van der Waals surface area (Å²) in [6, 6.07) is 7.57. The zero-order valence-corrected chi connectivity index (χ0v) is 10.6. The first-order valence-corrected chi connectivity index (χ1v) is 5.79. The van der Waals surface area contributed by atoms with Gasteiger partial charge in [0.15, 0.2) is 6.10 Å². The van der Waals surface area contributed by atoms with Crippen LogP contribution in [0.4, 0.5) is 0 Å². The molecule has 1 rings (SSSR count). The molecule has 0 aliphatic heterocycles. The van der Waals surface area contributed by atoms with Gasteiger partial charge >= 0.3 is 0 Å². The maximum atomic E-state index is 11.7. The van der Waals surface area contributed by atoms with E-state index in [0.29, 0.717) is 12.3 Å². The maximum absolute atomic E-state index is 11.7. The van der Waals surface area contributed by atoms with E-state index in [1.807, 2.05) is 38.1 Å². The lowest BCUT2D eigenvalue weighted by molar-refractivity contribution is -0.127. The highest BCUT2D eigenvalue weighted by Crippen LogP contribution is 2.14. The lowest BCUT2D eigenvalue weighted by atomic mass is 10.2. The highest BCUT2D eigenvalue weighted by atomic mass is 16.5. The second kappa shape index (κ2) is 6.25. The molecule has 0 saturated carbocycles. The van der Waals surface area contributed by atoms with E-state index in [1.54, 1.807) is 6.92 Å². The fourth-order valence-electron chi connectivity index (χ4n) is 1.41. The van der Waals surface area contributed by atoms with Gasteiger partial charge in [-0.05, 0) is 38.5 Å².